The van der Waals surface area contributed by atoms with Crippen molar-refractivity contribution in [1.29, 1.82) is 0 Å². The number of carboxylic acids is 1. The highest BCUT2D eigenvalue weighted by Crippen LogP contribution is 2.37. The van der Waals surface area contributed by atoms with Gasteiger partial charge in [0.1, 0.15) is 28.0 Å². The molecule has 0 saturated carbocycles. The molecule has 0 atom stereocenters. The van der Waals surface area contributed by atoms with E-state index in [9.17, 15) is 9.90 Å². The Balaban J connectivity index is 1.78. The van der Waals surface area contributed by atoms with E-state index in [1.807, 2.05) is 18.2 Å². The number of nitrogens with zero attached hydrogens (tertiary/aromatic N) is 2. The molecule has 0 radical (unpaired) electrons. The number of thiazole rings is 1. The van der Waals surface area contributed by atoms with Crippen LogP contribution in [0.4, 0.5) is 0 Å². The van der Waals surface area contributed by atoms with Crippen molar-refractivity contribution >= 4 is 17.3 Å². The van der Waals surface area contributed by atoms with Gasteiger partial charge >= 0.3 is 5.97 Å². The zero-order chi connectivity index (χ0) is 18.5. The van der Waals surface area contributed by atoms with E-state index in [0.717, 1.165) is 25.2 Å². The van der Waals surface area contributed by atoms with Crippen molar-refractivity contribution in [3.8, 4) is 22.1 Å². The largest absolute Gasteiger partial charge is 0.497 e. The maximum Gasteiger partial charge on any atom is 0.347 e. The fourth-order valence-corrected chi connectivity index (χ4v) is 4.04. The molecule has 3 rings (SSSR count). The minimum absolute atomic E-state index is 0.259. The van der Waals surface area contributed by atoms with Crippen LogP contribution in [0.3, 0.4) is 0 Å². The molecule has 26 heavy (non-hydrogen) atoms. The summed E-state index contributed by atoms with van der Waals surface area (Å²) in [4.78, 5) is 18.4. The van der Waals surface area contributed by atoms with Gasteiger partial charge in [-0.05, 0) is 45.0 Å². The molecule has 1 aliphatic rings. The van der Waals surface area contributed by atoms with Gasteiger partial charge in [-0.2, -0.15) is 0 Å². The van der Waals surface area contributed by atoms with Gasteiger partial charge in [0, 0.05) is 12.6 Å². The molecule has 0 amide bonds. The highest BCUT2D eigenvalue weighted by molar-refractivity contribution is 7.17. The normalized spacial score (nSPS) is 15.0. The number of carbonyl (C=O) groups is 1. The Morgan fingerprint density at radius 2 is 2.08 bits per heavy atom. The number of carboxylic acid groups (broad SMARTS) is 1. The van der Waals surface area contributed by atoms with Crippen molar-refractivity contribution in [2.24, 2.45) is 0 Å². The number of aromatic carboxylic acids is 1. The standard InChI is InChI=1S/C19H24N2O4S/c1-13-17(19(22)23)26-18(20-13)15-7-6-14(24-2)12-16(15)25-11-10-21-8-4-3-5-9-21/h6-7,12H,3-5,8-11H2,1-2H3,(H,22,23). The highest BCUT2D eigenvalue weighted by atomic mass is 32.1. The van der Waals surface area contributed by atoms with Gasteiger partial charge in [0.15, 0.2) is 0 Å². The van der Waals surface area contributed by atoms with Crippen LogP contribution < -0.4 is 9.47 Å². The van der Waals surface area contributed by atoms with Crippen molar-refractivity contribution in [2.45, 2.75) is 26.2 Å². The smallest absolute Gasteiger partial charge is 0.347 e. The van der Waals surface area contributed by atoms with Gasteiger partial charge in [-0.1, -0.05) is 6.42 Å². The summed E-state index contributed by atoms with van der Waals surface area (Å²) in [6.07, 6.45) is 3.81. The Morgan fingerprint density at radius 3 is 2.73 bits per heavy atom. The van der Waals surface area contributed by atoms with Crippen LogP contribution in [0, 0.1) is 6.92 Å². The maximum atomic E-state index is 11.3. The van der Waals surface area contributed by atoms with Gasteiger partial charge in [0.05, 0.1) is 18.4 Å². The molecule has 1 aromatic heterocycles. The van der Waals surface area contributed by atoms with Crippen LogP contribution in [-0.4, -0.2) is 54.3 Å². The van der Waals surface area contributed by atoms with Gasteiger partial charge in [-0.3, -0.25) is 4.90 Å². The van der Waals surface area contributed by atoms with Crippen molar-refractivity contribution < 1.29 is 19.4 Å². The first-order chi connectivity index (χ1) is 12.6. The van der Waals surface area contributed by atoms with Crippen molar-refractivity contribution in [1.82, 2.24) is 9.88 Å². The number of hydrogen-bond acceptors (Lipinski definition) is 6. The molecule has 6 nitrogen and oxygen atoms in total. The number of rotatable bonds is 7. The molecule has 2 aromatic rings. The zero-order valence-electron chi connectivity index (χ0n) is 15.2. The predicted molar refractivity (Wildman–Crippen MR) is 102 cm³/mol. The fourth-order valence-electron chi connectivity index (χ4n) is 3.10. The topological polar surface area (TPSA) is 71.9 Å². The number of benzene rings is 1. The van der Waals surface area contributed by atoms with Gasteiger partial charge in [0.2, 0.25) is 0 Å². The number of ether oxygens (including phenoxy) is 2. The van der Waals surface area contributed by atoms with Crippen LogP contribution in [-0.2, 0) is 0 Å². The monoisotopic (exact) mass is 376 g/mol. The Labute approximate surface area is 157 Å². The summed E-state index contributed by atoms with van der Waals surface area (Å²) in [7, 11) is 1.61. The molecule has 0 aliphatic carbocycles. The summed E-state index contributed by atoms with van der Waals surface area (Å²) in [6, 6.07) is 5.55. The van der Waals surface area contributed by atoms with Crippen LogP contribution in [0.15, 0.2) is 18.2 Å². The maximum absolute atomic E-state index is 11.3. The Morgan fingerprint density at radius 1 is 1.31 bits per heavy atom. The average Bonchev–Trinajstić information content (AvgIpc) is 3.04. The number of methoxy groups -OCH3 is 1. The Bertz CT molecular complexity index is 769. The minimum Gasteiger partial charge on any atom is -0.497 e. The summed E-state index contributed by atoms with van der Waals surface area (Å²) in [5.74, 6) is 0.424. The number of likely N-dealkylation sites (tertiary alicyclic amines) is 1. The number of hydrogen-bond donors (Lipinski definition) is 1. The molecule has 140 valence electrons. The molecule has 0 bridgehead atoms. The zero-order valence-corrected chi connectivity index (χ0v) is 16.0. The molecule has 1 N–H and O–H groups in total. The van der Waals surface area contributed by atoms with Crippen molar-refractivity contribution in [3.63, 3.8) is 0 Å². The molecular formula is C19H24N2O4S. The first kappa shape index (κ1) is 18.7. The number of aromatic nitrogens is 1. The van der Waals surface area contributed by atoms with Crippen molar-refractivity contribution in [2.75, 3.05) is 33.4 Å². The molecule has 0 spiro atoms. The van der Waals surface area contributed by atoms with E-state index in [2.05, 4.69) is 9.88 Å². The molecule has 1 aromatic carbocycles. The molecule has 1 aliphatic heterocycles. The van der Waals surface area contributed by atoms with Gasteiger partial charge in [-0.15, -0.1) is 11.3 Å². The Kier molecular flexibility index (Phi) is 6.11. The van der Waals surface area contributed by atoms with E-state index >= 15 is 0 Å². The summed E-state index contributed by atoms with van der Waals surface area (Å²) >= 11 is 1.17. The quantitative estimate of drug-likeness (QED) is 0.795. The third-order valence-corrected chi connectivity index (χ3v) is 5.70. The van der Waals surface area contributed by atoms with Crippen LogP contribution in [0.5, 0.6) is 11.5 Å². The van der Waals surface area contributed by atoms with E-state index < -0.39 is 5.97 Å². The number of piperidine rings is 1. The predicted octanol–water partition coefficient (Wildman–Crippen LogP) is 3.69. The second-order valence-corrected chi connectivity index (χ2v) is 7.35. The summed E-state index contributed by atoms with van der Waals surface area (Å²) in [5.41, 5.74) is 1.32. The second kappa shape index (κ2) is 8.51. The van der Waals surface area contributed by atoms with E-state index in [1.165, 1.54) is 30.6 Å². The lowest BCUT2D eigenvalue weighted by Gasteiger charge is -2.26. The SMILES string of the molecule is COc1ccc(-c2nc(C)c(C(=O)O)s2)c(OCCN2CCCCC2)c1. The highest BCUT2D eigenvalue weighted by Gasteiger charge is 2.18. The average molecular weight is 376 g/mol. The van der Waals surface area contributed by atoms with E-state index in [-0.39, 0.29) is 4.88 Å². The summed E-state index contributed by atoms with van der Waals surface area (Å²) < 4.78 is 11.4. The molecule has 2 heterocycles. The van der Waals surface area contributed by atoms with Crippen LogP contribution >= 0.6 is 11.3 Å². The summed E-state index contributed by atoms with van der Waals surface area (Å²) in [6.45, 7) is 5.43. The first-order valence-corrected chi connectivity index (χ1v) is 9.64. The van der Waals surface area contributed by atoms with Gasteiger partial charge in [0.25, 0.3) is 0 Å². The number of aryl methyl sites for hydroxylation is 1. The van der Waals surface area contributed by atoms with E-state index in [1.54, 1.807) is 14.0 Å². The second-order valence-electron chi connectivity index (χ2n) is 6.35. The van der Waals surface area contributed by atoms with Gasteiger partial charge in [-0.25, -0.2) is 9.78 Å². The lowest BCUT2D eigenvalue weighted by Crippen LogP contribution is -2.33. The Hall–Kier alpha value is -2.12. The molecule has 0 unspecified atom stereocenters. The lowest BCUT2D eigenvalue weighted by atomic mass is 10.1. The fraction of sp³-hybridized carbons (Fsp3) is 0.474. The minimum atomic E-state index is -0.952. The van der Waals surface area contributed by atoms with Crippen LogP contribution in [0.25, 0.3) is 10.6 Å². The third-order valence-electron chi connectivity index (χ3n) is 4.52. The van der Waals surface area contributed by atoms with E-state index in [0.29, 0.717) is 28.8 Å². The molecule has 1 fully saturated rings. The third kappa shape index (κ3) is 4.34. The van der Waals surface area contributed by atoms with Crippen LogP contribution in [0.2, 0.25) is 0 Å². The lowest BCUT2D eigenvalue weighted by molar-refractivity contribution is 0.0701. The molecular weight excluding hydrogens is 352 g/mol. The molecule has 7 heteroatoms. The summed E-state index contributed by atoms with van der Waals surface area (Å²) in [5, 5.41) is 9.93. The van der Waals surface area contributed by atoms with Gasteiger partial charge < -0.3 is 14.6 Å². The molecule has 1 saturated heterocycles. The van der Waals surface area contributed by atoms with Crippen LogP contribution in [0.1, 0.15) is 34.6 Å². The first-order valence-electron chi connectivity index (χ1n) is 8.83. The van der Waals surface area contributed by atoms with Crippen molar-refractivity contribution in [3.05, 3.63) is 28.8 Å². The van der Waals surface area contributed by atoms with E-state index in [4.69, 9.17) is 9.47 Å².